The van der Waals surface area contributed by atoms with Gasteiger partial charge in [0.1, 0.15) is 11.6 Å². The highest BCUT2D eigenvalue weighted by Gasteiger charge is 2.34. The molecule has 0 aliphatic carbocycles. The van der Waals surface area contributed by atoms with Crippen molar-refractivity contribution in [3.8, 4) is 28.5 Å². The quantitative estimate of drug-likeness (QED) is 0.444. The van der Waals surface area contributed by atoms with E-state index in [1.807, 2.05) is 27.7 Å². The summed E-state index contributed by atoms with van der Waals surface area (Å²) in [5.41, 5.74) is 0.967. The molecule has 0 radical (unpaired) electrons. The first-order chi connectivity index (χ1) is 14.4. The molecule has 5 nitrogen and oxygen atoms in total. The predicted molar refractivity (Wildman–Crippen MR) is 106 cm³/mol. The Labute approximate surface area is 172 Å². The number of benzene rings is 1. The van der Waals surface area contributed by atoms with Crippen molar-refractivity contribution in [1.82, 2.24) is 15.0 Å². The predicted octanol–water partition coefficient (Wildman–Crippen LogP) is 6.55. The van der Waals surface area contributed by atoms with Crippen LogP contribution in [0.2, 0.25) is 0 Å². The Morgan fingerprint density at radius 2 is 1.50 bits per heavy atom. The second-order valence-electron chi connectivity index (χ2n) is 5.04. The minimum Gasteiger partial charge on any atom is -0.496 e. The third-order valence-corrected chi connectivity index (χ3v) is 3.32. The van der Waals surface area contributed by atoms with Gasteiger partial charge in [0, 0.05) is 23.4 Å². The molecule has 0 unspecified atom stereocenters. The van der Waals surface area contributed by atoms with Crippen LogP contribution in [0.5, 0.6) is 17.4 Å². The van der Waals surface area contributed by atoms with Crippen molar-refractivity contribution in [3.05, 3.63) is 60.6 Å². The van der Waals surface area contributed by atoms with Gasteiger partial charge in [-0.05, 0) is 24.3 Å². The maximum absolute atomic E-state index is 13.4. The van der Waals surface area contributed by atoms with Crippen molar-refractivity contribution in [2.45, 2.75) is 33.9 Å². The highest BCUT2D eigenvalue weighted by Crippen LogP contribution is 2.37. The molecule has 0 saturated carbocycles. The van der Waals surface area contributed by atoms with Gasteiger partial charge in [-0.2, -0.15) is 13.2 Å². The van der Waals surface area contributed by atoms with Gasteiger partial charge in [-0.1, -0.05) is 27.7 Å². The summed E-state index contributed by atoms with van der Waals surface area (Å²) in [6.45, 7) is 8.00. The topological polar surface area (TPSA) is 57.1 Å². The highest BCUT2D eigenvalue weighted by molar-refractivity contribution is 5.74. The van der Waals surface area contributed by atoms with Gasteiger partial charge in [0.05, 0.1) is 19.5 Å². The lowest BCUT2D eigenvalue weighted by Crippen LogP contribution is -2.10. The Hall–Kier alpha value is -3.23. The van der Waals surface area contributed by atoms with Crippen molar-refractivity contribution in [1.29, 1.82) is 0 Å². The Morgan fingerprint density at radius 1 is 0.867 bits per heavy atom. The molecule has 30 heavy (non-hydrogen) atoms. The van der Waals surface area contributed by atoms with E-state index in [0.717, 1.165) is 12.4 Å². The fourth-order valence-electron chi connectivity index (χ4n) is 2.19. The number of ether oxygens (including phenoxy) is 2. The summed E-state index contributed by atoms with van der Waals surface area (Å²) < 4.78 is 61.6. The van der Waals surface area contributed by atoms with Crippen LogP contribution in [0.1, 0.15) is 33.5 Å². The van der Waals surface area contributed by atoms with E-state index in [0.29, 0.717) is 11.1 Å². The van der Waals surface area contributed by atoms with Gasteiger partial charge >= 0.3 is 6.18 Å². The van der Waals surface area contributed by atoms with E-state index >= 15 is 0 Å². The molecule has 2 aromatic heterocycles. The van der Waals surface area contributed by atoms with Crippen LogP contribution in [0.25, 0.3) is 11.1 Å². The standard InChI is InChI=1S/C17H11F4N3O2.2C2H6/c1-25-14-7-10(18)4-5-12(14)13-3-2-6-22-15(13)26-11-8-23-16(24-9-11)17(19,20)21;2*1-2/h2-9H,1H3;2*1-2H3. The van der Waals surface area contributed by atoms with E-state index in [1.165, 1.54) is 31.5 Å². The first-order valence-corrected chi connectivity index (χ1v) is 9.24. The van der Waals surface area contributed by atoms with Crippen LogP contribution in [-0.2, 0) is 6.18 Å². The largest absolute Gasteiger partial charge is 0.496 e. The summed E-state index contributed by atoms with van der Waals surface area (Å²) >= 11 is 0. The first kappa shape index (κ1) is 24.8. The number of aromatic nitrogens is 3. The SMILES string of the molecule is CC.CC.COc1cc(F)ccc1-c1cccnc1Oc1cnc(C(F)(F)F)nc1. The van der Waals surface area contributed by atoms with E-state index in [9.17, 15) is 17.6 Å². The molecule has 0 saturated heterocycles. The lowest BCUT2D eigenvalue weighted by molar-refractivity contribution is -0.145. The average Bonchev–Trinajstić information content (AvgIpc) is 2.77. The maximum Gasteiger partial charge on any atom is 0.451 e. The molecule has 162 valence electrons. The minimum atomic E-state index is -4.64. The Balaban J connectivity index is 0.00000106. The number of hydrogen-bond acceptors (Lipinski definition) is 5. The molecule has 0 spiro atoms. The lowest BCUT2D eigenvalue weighted by atomic mass is 10.1. The van der Waals surface area contributed by atoms with Crippen molar-refractivity contribution in [2.75, 3.05) is 7.11 Å². The number of hydrogen-bond donors (Lipinski definition) is 0. The summed E-state index contributed by atoms with van der Waals surface area (Å²) in [4.78, 5) is 10.5. The minimum absolute atomic E-state index is 0.0287. The Morgan fingerprint density at radius 3 is 2.07 bits per heavy atom. The molecule has 0 fully saturated rings. The second-order valence-corrected chi connectivity index (χ2v) is 5.04. The number of alkyl halides is 3. The molecule has 0 aliphatic heterocycles. The first-order valence-electron chi connectivity index (χ1n) is 9.24. The molecule has 0 aliphatic rings. The Kier molecular flexibility index (Phi) is 9.67. The molecule has 3 rings (SSSR count). The summed E-state index contributed by atoms with van der Waals surface area (Å²) in [7, 11) is 1.39. The Bertz CT molecular complexity index is 917. The smallest absolute Gasteiger partial charge is 0.451 e. The van der Waals surface area contributed by atoms with E-state index < -0.39 is 17.8 Å². The normalized spacial score (nSPS) is 10.2. The van der Waals surface area contributed by atoms with Crippen LogP contribution in [0.3, 0.4) is 0 Å². The molecule has 0 bridgehead atoms. The lowest BCUT2D eigenvalue weighted by Gasteiger charge is -2.13. The van der Waals surface area contributed by atoms with Gasteiger partial charge in [-0.3, -0.25) is 0 Å². The van der Waals surface area contributed by atoms with E-state index in [4.69, 9.17) is 9.47 Å². The van der Waals surface area contributed by atoms with Gasteiger partial charge in [-0.15, -0.1) is 0 Å². The number of rotatable bonds is 4. The van der Waals surface area contributed by atoms with E-state index in [1.54, 1.807) is 12.1 Å². The number of pyridine rings is 1. The molecule has 2 heterocycles. The fourth-order valence-corrected chi connectivity index (χ4v) is 2.19. The third kappa shape index (κ3) is 6.40. The maximum atomic E-state index is 13.4. The van der Waals surface area contributed by atoms with Crippen LogP contribution in [0, 0.1) is 5.82 Å². The molecule has 9 heteroatoms. The molecule has 0 amide bonds. The van der Waals surface area contributed by atoms with Crippen LogP contribution < -0.4 is 9.47 Å². The van der Waals surface area contributed by atoms with Crippen molar-refractivity contribution < 1.29 is 27.0 Å². The molecule has 3 aromatic rings. The zero-order valence-corrected chi connectivity index (χ0v) is 17.3. The zero-order valence-electron chi connectivity index (χ0n) is 17.3. The van der Waals surface area contributed by atoms with Crippen LogP contribution in [-0.4, -0.2) is 22.1 Å². The van der Waals surface area contributed by atoms with Gasteiger partial charge in [-0.25, -0.2) is 19.3 Å². The number of nitrogens with zero attached hydrogens (tertiary/aromatic N) is 3. The third-order valence-electron chi connectivity index (χ3n) is 3.32. The van der Waals surface area contributed by atoms with Crippen LogP contribution in [0.4, 0.5) is 17.6 Å². The van der Waals surface area contributed by atoms with Crippen LogP contribution in [0.15, 0.2) is 48.9 Å². The zero-order chi connectivity index (χ0) is 22.7. The molecule has 0 N–H and O–H groups in total. The molecular formula is C21H23F4N3O2. The molecule has 0 atom stereocenters. The summed E-state index contributed by atoms with van der Waals surface area (Å²) in [6.07, 6.45) is -1.40. The molecule has 1 aromatic carbocycles. The number of halogens is 4. The van der Waals surface area contributed by atoms with Gasteiger partial charge in [0.2, 0.25) is 11.7 Å². The number of methoxy groups -OCH3 is 1. The summed E-state index contributed by atoms with van der Waals surface area (Å²) in [6, 6.07) is 7.22. The average molecular weight is 425 g/mol. The van der Waals surface area contributed by atoms with Crippen molar-refractivity contribution in [3.63, 3.8) is 0 Å². The second kappa shape index (κ2) is 11.7. The van der Waals surface area contributed by atoms with Gasteiger partial charge in [0.15, 0.2) is 5.75 Å². The van der Waals surface area contributed by atoms with E-state index in [2.05, 4.69) is 15.0 Å². The van der Waals surface area contributed by atoms with Crippen molar-refractivity contribution in [2.24, 2.45) is 0 Å². The van der Waals surface area contributed by atoms with Crippen LogP contribution >= 0.6 is 0 Å². The fraction of sp³-hybridized carbons (Fsp3) is 0.286. The summed E-state index contributed by atoms with van der Waals surface area (Å²) in [5.74, 6) is -1.44. The summed E-state index contributed by atoms with van der Waals surface area (Å²) in [5, 5.41) is 0. The monoisotopic (exact) mass is 425 g/mol. The van der Waals surface area contributed by atoms with E-state index in [-0.39, 0.29) is 17.4 Å². The van der Waals surface area contributed by atoms with Gasteiger partial charge < -0.3 is 9.47 Å². The van der Waals surface area contributed by atoms with Gasteiger partial charge in [0.25, 0.3) is 0 Å². The highest BCUT2D eigenvalue weighted by atomic mass is 19.4. The van der Waals surface area contributed by atoms with Crippen molar-refractivity contribution >= 4 is 0 Å². The molecular weight excluding hydrogens is 402 g/mol.